The number of aryl methyl sites for hydroxylation is 1. The lowest BCUT2D eigenvalue weighted by atomic mass is 10.1. The second-order valence-electron chi connectivity index (χ2n) is 5.59. The summed E-state index contributed by atoms with van der Waals surface area (Å²) >= 11 is 0. The molecule has 0 aliphatic heterocycles. The Bertz CT molecular complexity index is 684. The number of benzene rings is 1. The van der Waals surface area contributed by atoms with E-state index >= 15 is 0 Å². The van der Waals surface area contributed by atoms with E-state index in [2.05, 4.69) is 20.8 Å². The first-order valence-corrected chi connectivity index (χ1v) is 7.23. The van der Waals surface area contributed by atoms with Gasteiger partial charge in [-0.1, -0.05) is 24.3 Å². The number of carbonyl (C=O) groups is 1. The lowest BCUT2D eigenvalue weighted by Crippen LogP contribution is -2.42. The van der Waals surface area contributed by atoms with E-state index < -0.39 is 6.10 Å². The molecule has 0 unspecified atom stereocenters. The van der Waals surface area contributed by atoms with Crippen LogP contribution in [-0.2, 0) is 13.5 Å². The molecule has 3 atom stereocenters. The van der Waals surface area contributed by atoms with Gasteiger partial charge in [-0.25, -0.2) is 4.79 Å². The van der Waals surface area contributed by atoms with E-state index in [1.165, 1.54) is 0 Å². The predicted octanol–water partition coefficient (Wildman–Crippen LogP) is 0.834. The molecule has 0 saturated heterocycles. The van der Waals surface area contributed by atoms with Gasteiger partial charge in [0.1, 0.15) is 6.33 Å². The molecule has 2 aromatic rings. The molecule has 0 radical (unpaired) electrons. The highest BCUT2D eigenvalue weighted by molar-refractivity contribution is 5.75. The molecule has 22 heavy (non-hydrogen) atoms. The number of fused-ring (bicyclic) bond motifs is 1. The smallest absolute Gasteiger partial charge is 0.315 e. The number of aliphatic hydroxyl groups excluding tert-OH is 1. The van der Waals surface area contributed by atoms with Crippen LogP contribution in [0.3, 0.4) is 0 Å². The molecule has 0 fully saturated rings. The molecule has 1 aromatic carbocycles. The van der Waals surface area contributed by atoms with Crippen LogP contribution in [-0.4, -0.2) is 32.0 Å². The fourth-order valence-electron chi connectivity index (χ4n) is 2.88. The quantitative estimate of drug-likeness (QED) is 0.783. The number of hydrogen-bond acceptors (Lipinski definition) is 4. The van der Waals surface area contributed by atoms with Gasteiger partial charge in [-0.05, 0) is 18.1 Å². The van der Waals surface area contributed by atoms with E-state index in [0.29, 0.717) is 12.2 Å². The second kappa shape index (κ2) is 5.76. The first-order chi connectivity index (χ1) is 10.6. The number of urea groups is 1. The monoisotopic (exact) mass is 301 g/mol. The summed E-state index contributed by atoms with van der Waals surface area (Å²) in [6.07, 6.45) is 1.54. The van der Waals surface area contributed by atoms with E-state index in [1.54, 1.807) is 10.9 Å². The topological polar surface area (TPSA) is 92.1 Å². The van der Waals surface area contributed by atoms with Crippen molar-refractivity contribution in [3.05, 3.63) is 47.5 Å². The van der Waals surface area contributed by atoms with Crippen molar-refractivity contribution in [3.8, 4) is 0 Å². The zero-order valence-electron chi connectivity index (χ0n) is 12.5. The molecule has 0 saturated carbocycles. The Kier molecular flexibility index (Phi) is 3.81. The molecule has 1 aliphatic rings. The summed E-state index contributed by atoms with van der Waals surface area (Å²) in [4.78, 5) is 12.2. The standard InChI is InChI=1S/C15H19N5O2/c1-9(14-19-16-8-20(14)2)17-15(22)18-13-11-6-4-3-5-10(11)7-12(13)21/h3-6,8-9,12-13,21H,7H2,1-2H3,(H2,17,18,22)/t9-,12-,13+/m0/s1. The summed E-state index contributed by atoms with van der Waals surface area (Å²) < 4.78 is 1.75. The molecule has 7 heteroatoms. The van der Waals surface area contributed by atoms with Crippen LogP contribution in [0, 0.1) is 0 Å². The van der Waals surface area contributed by atoms with Crippen LogP contribution in [0.4, 0.5) is 4.79 Å². The van der Waals surface area contributed by atoms with Gasteiger partial charge < -0.3 is 20.3 Å². The van der Waals surface area contributed by atoms with E-state index in [1.807, 2.05) is 38.2 Å². The highest BCUT2D eigenvalue weighted by Crippen LogP contribution is 2.31. The molecular formula is C15H19N5O2. The summed E-state index contributed by atoms with van der Waals surface area (Å²) in [6, 6.07) is 6.75. The van der Waals surface area contributed by atoms with Crippen LogP contribution >= 0.6 is 0 Å². The van der Waals surface area contributed by atoms with Crippen molar-refractivity contribution >= 4 is 6.03 Å². The number of amides is 2. The van der Waals surface area contributed by atoms with Crippen LogP contribution in [0.5, 0.6) is 0 Å². The maximum Gasteiger partial charge on any atom is 0.315 e. The van der Waals surface area contributed by atoms with Crippen molar-refractivity contribution in [1.82, 2.24) is 25.4 Å². The number of carbonyl (C=O) groups excluding carboxylic acids is 1. The average molecular weight is 301 g/mol. The van der Waals surface area contributed by atoms with Gasteiger partial charge in [-0.3, -0.25) is 0 Å². The largest absolute Gasteiger partial charge is 0.390 e. The first-order valence-electron chi connectivity index (χ1n) is 7.23. The van der Waals surface area contributed by atoms with E-state index in [4.69, 9.17) is 0 Å². The first kappa shape index (κ1) is 14.5. The number of aromatic nitrogens is 3. The van der Waals surface area contributed by atoms with Crippen LogP contribution in [0.1, 0.15) is 36.0 Å². The van der Waals surface area contributed by atoms with Crippen molar-refractivity contribution in [2.75, 3.05) is 0 Å². The predicted molar refractivity (Wildman–Crippen MR) is 80.0 cm³/mol. The van der Waals surface area contributed by atoms with E-state index in [-0.39, 0.29) is 18.1 Å². The Morgan fingerprint density at radius 2 is 2.23 bits per heavy atom. The molecule has 116 valence electrons. The summed E-state index contributed by atoms with van der Waals surface area (Å²) in [5.74, 6) is 0.669. The number of nitrogens with zero attached hydrogens (tertiary/aromatic N) is 3. The Morgan fingerprint density at radius 3 is 2.95 bits per heavy atom. The molecular weight excluding hydrogens is 282 g/mol. The molecule has 1 aromatic heterocycles. The summed E-state index contributed by atoms with van der Waals surface area (Å²) in [5.41, 5.74) is 2.04. The highest BCUT2D eigenvalue weighted by atomic mass is 16.3. The third kappa shape index (κ3) is 2.67. The molecule has 2 amide bonds. The zero-order chi connectivity index (χ0) is 15.7. The Hall–Kier alpha value is -2.41. The fraction of sp³-hybridized carbons (Fsp3) is 0.400. The highest BCUT2D eigenvalue weighted by Gasteiger charge is 2.32. The minimum absolute atomic E-state index is 0.277. The van der Waals surface area contributed by atoms with E-state index in [0.717, 1.165) is 11.1 Å². The van der Waals surface area contributed by atoms with Gasteiger partial charge >= 0.3 is 6.03 Å². The lowest BCUT2D eigenvalue weighted by Gasteiger charge is -2.20. The molecule has 7 nitrogen and oxygen atoms in total. The molecule has 3 rings (SSSR count). The second-order valence-corrected chi connectivity index (χ2v) is 5.59. The van der Waals surface area contributed by atoms with Gasteiger partial charge in [0, 0.05) is 13.5 Å². The minimum Gasteiger partial charge on any atom is -0.390 e. The minimum atomic E-state index is -0.603. The van der Waals surface area contributed by atoms with Gasteiger partial charge in [0.05, 0.1) is 18.2 Å². The summed E-state index contributed by atoms with van der Waals surface area (Å²) in [5, 5.41) is 23.6. The number of nitrogens with one attached hydrogen (secondary N) is 2. The molecule has 0 bridgehead atoms. The van der Waals surface area contributed by atoms with Crippen LogP contribution < -0.4 is 10.6 Å². The normalized spacial score (nSPS) is 21.2. The summed E-state index contributed by atoms with van der Waals surface area (Å²) in [6.45, 7) is 1.84. The van der Waals surface area contributed by atoms with Gasteiger partial charge in [0.25, 0.3) is 0 Å². The molecule has 1 aliphatic carbocycles. The summed E-state index contributed by atoms with van der Waals surface area (Å²) in [7, 11) is 1.82. The number of aliphatic hydroxyl groups is 1. The fourth-order valence-corrected chi connectivity index (χ4v) is 2.88. The number of hydrogen-bond donors (Lipinski definition) is 3. The molecule has 1 heterocycles. The van der Waals surface area contributed by atoms with Gasteiger partial charge in [-0.2, -0.15) is 0 Å². The zero-order valence-corrected chi connectivity index (χ0v) is 12.5. The number of rotatable bonds is 3. The average Bonchev–Trinajstić information content (AvgIpc) is 3.03. The Labute approximate surface area is 128 Å². The molecule has 3 N–H and O–H groups in total. The Morgan fingerprint density at radius 1 is 1.45 bits per heavy atom. The Balaban J connectivity index is 1.66. The van der Waals surface area contributed by atoms with Crippen molar-refractivity contribution in [2.24, 2.45) is 7.05 Å². The van der Waals surface area contributed by atoms with Crippen molar-refractivity contribution < 1.29 is 9.90 Å². The third-order valence-corrected chi connectivity index (χ3v) is 3.97. The maximum atomic E-state index is 12.2. The third-order valence-electron chi connectivity index (χ3n) is 3.97. The van der Waals surface area contributed by atoms with Gasteiger partial charge in [-0.15, -0.1) is 10.2 Å². The van der Waals surface area contributed by atoms with E-state index in [9.17, 15) is 9.90 Å². The van der Waals surface area contributed by atoms with Gasteiger partial charge in [0.15, 0.2) is 5.82 Å². The maximum absolute atomic E-state index is 12.2. The van der Waals surface area contributed by atoms with Crippen molar-refractivity contribution in [3.63, 3.8) is 0 Å². The van der Waals surface area contributed by atoms with Crippen molar-refractivity contribution in [1.29, 1.82) is 0 Å². The van der Waals surface area contributed by atoms with Crippen LogP contribution in [0.25, 0.3) is 0 Å². The lowest BCUT2D eigenvalue weighted by molar-refractivity contribution is 0.142. The van der Waals surface area contributed by atoms with Crippen molar-refractivity contribution in [2.45, 2.75) is 31.5 Å². The van der Waals surface area contributed by atoms with Crippen LogP contribution in [0.2, 0.25) is 0 Å². The molecule has 0 spiro atoms. The SMILES string of the molecule is C[C@H](NC(=O)N[C@@H]1c2ccccc2C[C@@H]1O)c1nncn1C. The van der Waals surface area contributed by atoms with Crippen LogP contribution in [0.15, 0.2) is 30.6 Å². The van der Waals surface area contributed by atoms with Gasteiger partial charge in [0.2, 0.25) is 0 Å².